The number of hydrogen-bond acceptors (Lipinski definition) is 7. The number of ether oxygens (including phenoxy) is 3. The predicted octanol–water partition coefficient (Wildman–Crippen LogP) is 5.23. The number of hydrogen-bond donors (Lipinski definition) is 0. The number of rotatable bonds is 8. The molecule has 0 N–H and O–H groups in total. The maximum atomic E-state index is 6.11. The number of fused-ring (bicyclic) bond motifs is 2. The fourth-order valence-electron chi connectivity index (χ4n) is 4.27. The van der Waals surface area contributed by atoms with E-state index in [4.69, 9.17) is 14.2 Å². The summed E-state index contributed by atoms with van der Waals surface area (Å²) in [5.74, 6) is 2.45. The first-order valence-electron chi connectivity index (χ1n) is 11.5. The predicted molar refractivity (Wildman–Crippen MR) is 128 cm³/mol. The monoisotopic (exact) mass is 444 g/mol. The van der Waals surface area contributed by atoms with Crippen LogP contribution in [-0.2, 0) is 0 Å². The van der Waals surface area contributed by atoms with Gasteiger partial charge in [-0.3, -0.25) is 4.98 Å². The number of likely N-dealkylation sites (tertiary alicyclic amines) is 1. The highest BCUT2D eigenvalue weighted by Gasteiger charge is 2.14. The Hall–Kier alpha value is -3.45. The highest BCUT2D eigenvalue weighted by atomic mass is 16.5. The first kappa shape index (κ1) is 21.4. The van der Waals surface area contributed by atoms with Crippen molar-refractivity contribution in [1.82, 2.24) is 19.9 Å². The minimum absolute atomic E-state index is 0.463. The third-order valence-corrected chi connectivity index (χ3v) is 6.00. The van der Waals surface area contributed by atoms with Gasteiger partial charge in [0.1, 0.15) is 12.1 Å². The van der Waals surface area contributed by atoms with Gasteiger partial charge in [-0.2, -0.15) is 0 Å². The van der Waals surface area contributed by atoms with E-state index < -0.39 is 0 Å². The van der Waals surface area contributed by atoms with Crippen molar-refractivity contribution < 1.29 is 14.2 Å². The van der Waals surface area contributed by atoms with Gasteiger partial charge in [-0.1, -0.05) is 12.5 Å². The third-order valence-electron chi connectivity index (χ3n) is 6.00. The molecule has 7 nitrogen and oxygen atoms in total. The number of methoxy groups -OCH3 is 1. The summed E-state index contributed by atoms with van der Waals surface area (Å²) in [7, 11) is 1.64. The van der Waals surface area contributed by atoms with Gasteiger partial charge in [0, 0.05) is 30.3 Å². The van der Waals surface area contributed by atoms with E-state index in [0.717, 1.165) is 34.8 Å². The molecule has 0 aliphatic carbocycles. The van der Waals surface area contributed by atoms with Crippen LogP contribution in [-0.4, -0.2) is 53.2 Å². The van der Waals surface area contributed by atoms with Crippen molar-refractivity contribution in [2.45, 2.75) is 25.7 Å². The Labute approximate surface area is 193 Å². The lowest BCUT2D eigenvalue weighted by atomic mass is 10.1. The Morgan fingerprint density at radius 2 is 1.82 bits per heavy atom. The van der Waals surface area contributed by atoms with Gasteiger partial charge >= 0.3 is 0 Å². The highest BCUT2D eigenvalue weighted by Crippen LogP contribution is 2.36. The van der Waals surface area contributed by atoms with Crippen LogP contribution in [0.15, 0.2) is 55.0 Å². The van der Waals surface area contributed by atoms with Gasteiger partial charge in [-0.15, -0.1) is 0 Å². The molecule has 7 heteroatoms. The minimum Gasteiger partial charge on any atom is -0.493 e. The topological polar surface area (TPSA) is 69.6 Å². The van der Waals surface area contributed by atoms with Crippen LogP contribution in [0.5, 0.6) is 23.1 Å². The number of aromatic nitrogens is 3. The summed E-state index contributed by atoms with van der Waals surface area (Å²) in [6, 6.07) is 13.5. The zero-order chi connectivity index (χ0) is 22.5. The molecule has 3 heterocycles. The second-order valence-electron chi connectivity index (χ2n) is 8.26. The second-order valence-corrected chi connectivity index (χ2v) is 8.26. The molecule has 0 atom stereocenters. The van der Waals surface area contributed by atoms with E-state index in [2.05, 4.69) is 19.9 Å². The molecular formula is C26H28N4O3. The van der Waals surface area contributed by atoms with Crippen LogP contribution in [0.3, 0.4) is 0 Å². The maximum absolute atomic E-state index is 6.11. The Morgan fingerprint density at radius 3 is 2.70 bits per heavy atom. The molecule has 0 saturated carbocycles. The Bertz CT molecular complexity index is 1240. The van der Waals surface area contributed by atoms with Gasteiger partial charge in [0.05, 0.1) is 30.1 Å². The van der Waals surface area contributed by atoms with Crippen LogP contribution < -0.4 is 14.2 Å². The standard InChI is InChI=1S/C26H28N4O3/c1-31-24-16-21-23(17-25(24)32-14-6-13-30-11-3-2-4-12-30)28-18-29-26(21)33-20-9-8-19-7-5-10-27-22(19)15-20/h5,7-10,15-18H,2-4,6,11-14H2,1H3. The van der Waals surface area contributed by atoms with Crippen molar-refractivity contribution in [3.05, 3.63) is 55.0 Å². The van der Waals surface area contributed by atoms with Crippen LogP contribution in [0, 0.1) is 0 Å². The second kappa shape index (κ2) is 10.0. The maximum Gasteiger partial charge on any atom is 0.230 e. The van der Waals surface area contributed by atoms with Crippen LogP contribution in [0.4, 0.5) is 0 Å². The van der Waals surface area contributed by atoms with E-state index in [0.29, 0.717) is 29.7 Å². The zero-order valence-electron chi connectivity index (χ0n) is 18.9. The lowest BCUT2D eigenvalue weighted by Gasteiger charge is -2.26. The average Bonchev–Trinajstić information content (AvgIpc) is 2.87. The molecule has 4 aromatic rings. The van der Waals surface area contributed by atoms with E-state index in [-0.39, 0.29) is 0 Å². The summed E-state index contributed by atoms with van der Waals surface area (Å²) in [4.78, 5) is 15.7. The van der Waals surface area contributed by atoms with Crippen LogP contribution in [0.25, 0.3) is 21.8 Å². The van der Waals surface area contributed by atoms with Crippen molar-refractivity contribution in [1.29, 1.82) is 0 Å². The Kier molecular flexibility index (Phi) is 6.48. The first-order valence-corrected chi connectivity index (χ1v) is 11.5. The SMILES string of the molecule is COc1cc2c(Oc3ccc4cccnc4c3)ncnc2cc1OCCCN1CCCCC1. The smallest absolute Gasteiger partial charge is 0.230 e. The number of benzene rings is 2. The largest absolute Gasteiger partial charge is 0.493 e. The lowest BCUT2D eigenvalue weighted by molar-refractivity contribution is 0.203. The van der Waals surface area contributed by atoms with E-state index in [9.17, 15) is 0 Å². The van der Waals surface area contributed by atoms with Gasteiger partial charge in [0.15, 0.2) is 11.5 Å². The molecule has 0 unspecified atom stereocenters. The van der Waals surface area contributed by atoms with Crippen molar-refractivity contribution in [2.24, 2.45) is 0 Å². The molecule has 1 saturated heterocycles. The van der Waals surface area contributed by atoms with E-state index >= 15 is 0 Å². The Morgan fingerprint density at radius 1 is 0.909 bits per heavy atom. The third kappa shape index (κ3) is 4.98. The molecule has 2 aromatic carbocycles. The van der Waals surface area contributed by atoms with E-state index in [1.54, 1.807) is 13.3 Å². The summed E-state index contributed by atoms with van der Waals surface area (Å²) in [5.41, 5.74) is 1.61. The highest BCUT2D eigenvalue weighted by molar-refractivity contribution is 5.87. The molecule has 0 amide bonds. The van der Waals surface area contributed by atoms with Crippen molar-refractivity contribution in [3.8, 4) is 23.1 Å². The van der Waals surface area contributed by atoms with Crippen LogP contribution in [0.2, 0.25) is 0 Å². The molecule has 0 bridgehead atoms. The first-order chi connectivity index (χ1) is 16.3. The lowest BCUT2D eigenvalue weighted by Crippen LogP contribution is -2.31. The Balaban J connectivity index is 1.33. The molecule has 5 rings (SSSR count). The van der Waals surface area contributed by atoms with Crippen molar-refractivity contribution in [3.63, 3.8) is 0 Å². The number of pyridine rings is 1. The quantitative estimate of drug-likeness (QED) is 0.345. The van der Waals surface area contributed by atoms with Crippen LogP contribution >= 0.6 is 0 Å². The fourth-order valence-corrected chi connectivity index (χ4v) is 4.27. The van der Waals surface area contributed by atoms with Crippen molar-refractivity contribution >= 4 is 21.8 Å². The summed E-state index contributed by atoms with van der Waals surface area (Å²) in [5, 5.41) is 1.82. The van der Waals surface area contributed by atoms with Crippen LogP contribution in [0.1, 0.15) is 25.7 Å². The average molecular weight is 445 g/mol. The normalized spacial score (nSPS) is 14.5. The molecule has 2 aromatic heterocycles. The fraction of sp³-hybridized carbons (Fsp3) is 0.346. The zero-order valence-corrected chi connectivity index (χ0v) is 18.9. The summed E-state index contributed by atoms with van der Waals surface area (Å²) in [6.45, 7) is 4.10. The summed E-state index contributed by atoms with van der Waals surface area (Å²) < 4.78 is 17.8. The number of piperidine rings is 1. The van der Waals surface area contributed by atoms with Gasteiger partial charge < -0.3 is 19.1 Å². The van der Waals surface area contributed by atoms with Gasteiger partial charge in [-0.05, 0) is 56.6 Å². The van der Waals surface area contributed by atoms with Gasteiger partial charge in [0.25, 0.3) is 0 Å². The molecule has 0 spiro atoms. The van der Waals surface area contributed by atoms with Gasteiger partial charge in [-0.25, -0.2) is 9.97 Å². The molecule has 0 radical (unpaired) electrons. The molecule has 33 heavy (non-hydrogen) atoms. The molecule has 170 valence electrons. The van der Waals surface area contributed by atoms with E-state index in [1.807, 2.05) is 42.5 Å². The van der Waals surface area contributed by atoms with Crippen molar-refractivity contribution in [2.75, 3.05) is 33.4 Å². The molecule has 1 aliphatic rings. The van der Waals surface area contributed by atoms with E-state index in [1.165, 1.54) is 38.7 Å². The number of nitrogens with zero attached hydrogens (tertiary/aromatic N) is 4. The summed E-state index contributed by atoms with van der Waals surface area (Å²) >= 11 is 0. The molecular weight excluding hydrogens is 416 g/mol. The van der Waals surface area contributed by atoms with Gasteiger partial charge in [0.2, 0.25) is 5.88 Å². The molecule has 1 fully saturated rings. The minimum atomic E-state index is 0.463. The molecule has 1 aliphatic heterocycles. The summed E-state index contributed by atoms with van der Waals surface area (Å²) in [6.07, 6.45) is 8.22.